The summed E-state index contributed by atoms with van der Waals surface area (Å²) in [6.45, 7) is 1.83. The number of carbonyl (C=O) groups excluding carboxylic acids is 2. The Morgan fingerprint density at radius 2 is 2.05 bits per heavy atom. The first-order valence-corrected chi connectivity index (χ1v) is 8.16. The summed E-state index contributed by atoms with van der Waals surface area (Å²) in [5.41, 5.74) is 0.519. The average molecular weight is 342 g/mol. The van der Waals surface area contributed by atoms with E-state index in [9.17, 15) is 19.5 Å². The van der Waals surface area contributed by atoms with Gasteiger partial charge in [0.2, 0.25) is 5.91 Å². The minimum atomic E-state index is -1.07. The lowest BCUT2D eigenvalue weighted by Gasteiger charge is -2.25. The number of nitrogens with zero attached hydrogens (tertiary/aromatic N) is 1. The van der Waals surface area contributed by atoms with Crippen molar-refractivity contribution in [3.63, 3.8) is 0 Å². The van der Waals surface area contributed by atoms with Gasteiger partial charge in [-0.05, 0) is 23.6 Å². The number of hydrogen-bond acceptors (Lipinski definition) is 4. The quantitative estimate of drug-likeness (QED) is 0.891. The van der Waals surface area contributed by atoms with Crippen molar-refractivity contribution >= 4 is 40.4 Å². The third kappa shape index (κ3) is 4.01. The second-order valence-corrected chi connectivity index (χ2v) is 6.84. The highest BCUT2D eigenvalue weighted by molar-refractivity contribution is 8.13. The fraction of sp³-hybridized carbons (Fsp3) is 0.400. The zero-order valence-corrected chi connectivity index (χ0v) is 13.6. The molecule has 1 heterocycles. The summed E-state index contributed by atoms with van der Waals surface area (Å²) in [5, 5.41) is 10.0. The standard InChI is InChI=1S/C15H16ClNO4S/c1-9(18)22-8-10-6-13(19)17(7-10)14(15(20)21)11-2-4-12(16)5-3-11/h2-5,10,14H,6-8H2,1H3,(H,20,21). The van der Waals surface area contributed by atoms with Crippen LogP contribution in [0.3, 0.4) is 0 Å². The van der Waals surface area contributed by atoms with Crippen molar-refractivity contribution in [1.29, 1.82) is 0 Å². The molecular formula is C15H16ClNO4S. The lowest BCUT2D eigenvalue weighted by molar-refractivity contribution is -0.148. The molecule has 2 rings (SSSR count). The molecule has 1 saturated heterocycles. The molecule has 22 heavy (non-hydrogen) atoms. The van der Waals surface area contributed by atoms with Gasteiger partial charge in [0.25, 0.3) is 0 Å². The first-order valence-electron chi connectivity index (χ1n) is 6.79. The summed E-state index contributed by atoms with van der Waals surface area (Å²) in [7, 11) is 0. The van der Waals surface area contributed by atoms with E-state index in [1.165, 1.54) is 23.6 Å². The summed E-state index contributed by atoms with van der Waals surface area (Å²) in [5.74, 6) is -0.743. The smallest absolute Gasteiger partial charge is 0.331 e. The van der Waals surface area contributed by atoms with Crippen LogP contribution in [0.2, 0.25) is 5.02 Å². The molecule has 2 atom stereocenters. The minimum Gasteiger partial charge on any atom is -0.479 e. The summed E-state index contributed by atoms with van der Waals surface area (Å²) in [4.78, 5) is 36.2. The number of carboxylic acid groups (broad SMARTS) is 1. The largest absolute Gasteiger partial charge is 0.479 e. The van der Waals surface area contributed by atoms with Crippen LogP contribution >= 0.6 is 23.4 Å². The van der Waals surface area contributed by atoms with Gasteiger partial charge in [0.05, 0.1) is 0 Å². The van der Waals surface area contributed by atoms with E-state index in [-0.39, 0.29) is 23.4 Å². The zero-order valence-electron chi connectivity index (χ0n) is 12.0. The molecule has 7 heteroatoms. The SMILES string of the molecule is CC(=O)SCC1CC(=O)N(C(C(=O)O)c2ccc(Cl)cc2)C1. The summed E-state index contributed by atoms with van der Waals surface area (Å²) >= 11 is 6.98. The third-order valence-electron chi connectivity index (χ3n) is 3.49. The molecule has 1 aromatic rings. The van der Waals surface area contributed by atoms with E-state index in [1.54, 1.807) is 24.3 Å². The minimum absolute atomic E-state index is 0.00150. The van der Waals surface area contributed by atoms with E-state index in [0.29, 0.717) is 22.9 Å². The Morgan fingerprint density at radius 3 is 2.59 bits per heavy atom. The Bertz CT molecular complexity index is 590. The van der Waals surface area contributed by atoms with E-state index < -0.39 is 12.0 Å². The first kappa shape index (κ1) is 16.8. The molecule has 5 nitrogen and oxygen atoms in total. The van der Waals surface area contributed by atoms with Gasteiger partial charge < -0.3 is 10.0 Å². The zero-order chi connectivity index (χ0) is 16.3. The number of halogens is 1. The number of likely N-dealkylation sites (tertiary alicyclic amines) is 1. The number of carbonyl (C=O) groups is 3. The highest BCUT2D eigenvalue weighted by Crippen LogP contribution is 2.31. The average Bonchev–Trinajstić information content (AvgIpc) is 2.80. The topological polar surface area (TPSA) is 74.7 Å². The Hall–Kier alpha value is -1.53. The van der Waals surface area contributed by atoms with Crippen molar-refractivity contribution < 1.29 is 19.5 Å². The number of amides is 1. The lowest BCUT2D eigenvalue weighted by Crippen LogP contribution is -2.35. The van der Waals surface area contributed by atoms with Crippen molar-refractivity contribution in [1.82, 2.24) is 4.90 Å². The fourth-order valence-corrected chi connectivity index (χ4v) is 3.33. The Kier molecular flexibility index (Phi) is 5.47. The molecule has 0 saturated carbocycles. The molecule has 1 aliphatic heterocycles. The molecule has 0 spiro atoms. The molecule has 1 fully saturated rings. The predicted molar refractivity (Wildman–Crippen MR) is 84.8 cm³/mol. The Morgan fingerprint density at radius 1 is 1.41 bits per heavy atom. The van der Waals surface area contributed by atoms with Gasteiger partial charge in [-0.15, -0.1) is 0 Å². The monoisotopic (exact) mass is 341 g/mol. The molecule has 118 valence electrons. The normalized spacial score (nSPS) is 19.3. The van der Waals surface area contributed by atoms with Crippen LogP contribution in [0.4, 0.5) is 0 Å². The van der Waals surface area contributed by atoms with Crippen LogP contribution < -0.4 is 0 Å². The molecule has 1 N–H and O–H groups in total. The van der Waals surface area contributed by atoms with E-state index in [2.05, 4.69) is 0 Å². The maximum atomic E-state index is 12.2. The number of thioether (sulfide) groups is 1. The summed E-state index contributed by atoms with van der Waals surface area (Å²) in [6, 6.07) is 5.43. The Balaban J connectivity index is 2.15. The fourth-order valence-electron chi connectivity index (χ4n) is 2.51. The van der Waals surface area contributed by atoms with Gasteiger partial charge in [-0.25, -0.2) is 4.79 Å². The number of benzene rings is 1. The van der Waals surface area contributed by atoms with Crippen LogP contribution in [0.5, 0.6) is 0 Å². The Labute approximate surface area is 137 Å². The maximum absolute atomic E-state index is 12.2. The molecule has 1 aliphatic rings. The highest BCUT2D eigenvalue weighted by atomic mass is 35.5. The molecule has 1 aromatic carbocycles. The van der Waals surface area contributed by atoms with E-state index in [4.69, 9.17) is 11.6 Å². The molecule has 1 amide bonds. The molecule has 0 aliphatic carbocycles. The number of rotatable bonds is 5. The summed E-state index contributed by atoms with van der Waals surface area (Å²) in [6.07, 6.45) is 0.275. The molecule has 0 bridgehead atoms. The van der Waals surface area contributed by atoms with Gasteiger partial charge in [-0.1, -0.05) is 35.5 Å². The van der Waals surface area contributed by atoms with Crippen LogP contribution in [0.25, 0.3) is 0 Å². The van der Waals surface area contributed by atoms with Crippen LogP contribution in [0.1, 0.15) is 24.9 Å². The van der Waals surface area contributed by atoms with Crippen molar-refractivity contribution in [2.45, 2.75) is 19.4 Å². The van der Waals surface area contributed by atoms with E-state index >= 15 is 0 Å². The van der Waals surface area contributed by atoms with Crippen LogP contribution in [0.15, 0.2) is 24.3 Å². The van der Waals surface area contributed by atoms with Crippen molar-refractivity contribution in [2.24, 2.45) is 5.92 Å². The lowest BCUT2D eigenvalue weighted by atomic mass is 10.1. The van der Waals surface area contributed by atoms with Crippen LogP contribution in [-0.4, -0.2) is 39.3 Å². The van der Waals surface area contributed by atoms with Gasteiger partial charge in [0, 0.05) is 30.7 Å². The number of hydrogen-bond donors (Lipinski definition) is 1. The highest BCUT2D eigenvalue weighted by Gasteiger charge is 2.38. The molecule has 0 radical (unpaired) electrons. The van der Waals surface area contributed by atoms with Crippen molar-refractivity contribution in [2.75, 3.05) is 12.3 Å². The second kappa shape index (κ2) is 7.15. The van der Waals surface area contributed by atoms with Gasteiger partial charge >= 0.3 is 5.97 Å². The van der Waals surface area contributed by atoms with Crippen molar-refractivity contribution in [3.05, 3.63) is 34.9 Å². The van der Waals surface area contributed by atoms with Crippen LogP contribution in [-0.2, 0) is 14.4 Å². The molecular weight excluding hydrogens is 326 g/mol. The summed E-state index contributed by atoms with van der Waals surface area (Å²) < 4.78 is 0. The van der Waals surface area contributed by atoms with Gasteiger partial charge in [0.1, 0.15) is 0 Å². The van der Waals surface area contributed by atoms with E-state index in [0.717, 1.165) is 0 Å². The number of carboxylic acids is 1. The van der Waals surface area contributed by atoms with Crippen LogP contribution in [0, 0.1) is 5.92 Å². The van der Waals surface area contributed by atoms with Gasteiger partial charge in [-0.3, -0.25) is 9.59 Å². The predicted octanol–water partition coefficient (Wildman–Crippen LogP) is 2.59. The number of aliphatic carboxylic acids is 1. The third-order valence-corrected chi connectivity index (χ3v) is 4.79. The van der Waals surface area contributed by atoms with E-state index in [1.807, 2.05) is 0 Å². The second-order valence-electron chi connectivity index (χ2n) is 5.21. The first-order chi connectivity index (χ1) is 10.4. The molecule has 2 unspecified atom stereocenters. The van der Waals surface area contributed by atoms with Crippen molar-refractivity contribution in [3.8, 4) is 0 Å². The maximum Gasteiger partial charge on any atom is 0.331 e. The van der Waals surface area contributed by atoms with Gasteiger partial charge in [-0.2, -0.15) is 0 Å². The van der Waals surface area contributed by atoms with Gasteiger partial charge in [0.15, 0.2) is 11.2 Å². The molecule has 0 aromatic heterocycles.